The summed E-state index contributed by atoms with van der Waals surface area (Å²) in [7, 11) is 0. The standard InChI is InChI=1S/C52H46BN3/c1-35-30-37(3)50(38(4)31-35)53(51-39(5)32-36(2)33-40(51)6)44-24-26-45(27-25-44)56(49-28-29-54-52(55-49)42-18-11-8-12-19-42)46-21-15-20-43(34-46)48-23-14-13-22-47(48)41-16-9-7-10-17-41/h7-34H,1-6H3. The highest BCUT2D eigenvalue weighted by atomic mass is 15.2. The third kappa shape index (κ3) is 7.31. The fourth-order valence-corrected chi connectivity index (χ4v) is 8.62. The number of aromatic nitrogens is 2. The Morgan fingerprint density at radius 3 is 1.50 bits per heavy atom. The van der Waals surface area contributed by atoms with Gasteiger partial charge < -0.3 is 0 Å². The molecule has 0 fully saturated rings. The molecule has 8 rings (SSSR count). The van der Waals surface area contributed by atoms with Gasteiger partial charge in [0.15, 0.2) is 5.82 Å². The minimum atomic E-state index is 0.0836. The van der Waals surface area contributed by atoms with Gasteiger partial charge in [-0.25, -0.2) is 9.97 Å². The van der Waals surface area contributed by atoms with E-state index in [4.69, 9.17) is 9.97 Å². The summed E-state index contributed by atoms with van der Waals surface area (Å²) in [4.78, 5) is 12.2. The van der Waals surface area contributed by atoms with Crippen molar-refractivity contribution in [3.63, 3.8) is 0 Å². The Hall–Kier alpha value is -6.52. The molecule has 0 bridgehead atoms. The van der Waals surface area contributed by atoms with Gasteiger partial charge in [0.25, 0.3) is 0 Å². The van der Waals surface area contributed by atoms with Crippen LogP contribution in [0.25, 0.3) is 33.6 Å². The summed E-state index contributed by atoms with van der Waals surface area (Å²) in [6.07, 6.45) is 1.86. The maximum Gasteiger partial charge on any atom is 0.242 e. The van der Waals surface area contributed by atoms with Gasteiger partial charge in [-0.1, -0.05) is 183 Å². The smallest absolute Gasteiger partial charge is 0.242 e. The fourth-order valence-electron chi connectivity index (χ4n) is 8.62. The second-order valence-corrected chi connectivity index (χ2v) is 15.1. The first-order valence-electron chi connectivity index (χ1n) is 19.4. The lowest BCUT2D eigenvalue weighted by Gasteiger charge is -2.27. The van der Waals surface area contributed by atoms with Crippen molar-refractivity contribution in [3.8, 4) is 33.6 Å². The lowest BCUT2D eigenvalue weighted by atomic mass is 9.34. The van der Waals surface area contributed by atoms with E-state index in [1.807, 2.05) is 30.5 Å². The van der Waals surface area contributed by atoms with Gasteiger partial charge in [-0.3, -0.25) is 4.90 Å². The van der Waals surface area contributed by atoms with Gasteiger partial charge in [0.05, 0.1) is 0 Å². The number of benzene rings is 7. The van der Waals surface area contributed by atoms with Crippen molar-refractivity contribution in [1.82, 2.24) is 9.97 Å². The molecule has 0 spiro atoms. The molecular formula is C52H46BN3. The van der Waals surface area contributed by atoms with E-state index in [0.717, 1.165) is 28.3 Å². The molecule has 0 radical (unpaired) electrons. The van der Waals surface area contributed by atoms with E-state index in [1.54, 1.807) is 0 Å². The molecule has 4 heteroatoms. The van der Waals surface area contributed by atoms with Crippen LogP contribution in [0.2, 0.25) is 0 Å². The lowest BCUT2D eigenvalue weighted by molar-refractivity contribution is 1.12. The number of anilines is 3. The SMILES string of the molecule is Cc1cc(C)c(B(c2ccc(N(c3cccc(-c4ccccc4-c4ccccc4)c3)c3ccnc(-c4ccccc4)n3)cc2)c2c(C)cc(C)cc2C)c(C)c1. The van der Waals surface area contributed by atoms with Gasteiger partial charge >= 0.3 is 0 Å². The second kappa shape index (κ2) is 15.7. The minimum Gasteiger partial charge on any atom is -0.295 e. The molecule has 0 aliphatic heterocycles. The monoisotopic (exact) mass is 723 g/mol. The number of aryl methyl sites for hydroxylation is 6. The summed E-state index contributed by atoms with van der Waals surface area (Å²) >= 11 is 0. The molecule has 0 aliphatic rings. The summed E-state index contributed by atoms with van der Waals surface area (Å²) in [6, 6.07) is 58.7. The van der Waals surface area contributed by atoms with Crippen LogP contribution in [0.3, 0.4) is 0 Å². The molecule has 1 heterocycles. The van der Waals surface area contributed by atoms with Gasteiger partial charge in [-0.05, 0) is 94.1 Å². The van der Waals surface area contributed by atoms with Gasteiger partial charge in [0, 0.05) is 23.1 Å². The van der Waals surface area contributed by atoms with Crippen molar-refractivity contribution in [1.29, 1.82) is 0 Å². The zero-order chi connectivity index (χ0) is 38.8. The van der Waals surface area contributed by atoms with E-state index in [0.29, 0.717) is 5.82 Å². The molecule has 0 unspecified atom stereocenters. The number of rotatable bonds is 9. The van der Waals surface area contributed by atoms with Crippen LogP contribution < -0.4 is 21.3 Å². The third-order valence-electron chi connectivity index (χ3n) is 10.9. The summed E-state index contributed by atoms with van der Waals surface area (Å²) in [5.74, 6) is 1.48. The summed E-state index contributed by atoms with van der Waals surface area (Å²) in [6.45, 7) is 13.5. The van der Waals surface area contributed by atoms with Crippen molar-refractivity contribution in [2.45, 2.75) is 41.5 Å². The fraction of sp³-hybridized carbons (Fsp3) is 0.115. The van der Waals surface area contributed by atoms with Crippen LogP contribution in [0.5, 0.6) is 0 Å². The normalized spacial score (nSPS) is 11.0. The Labute approximate surface area is 332 Å². The maximum absolute atomic E-state index is 5.19. The van der Waals surface area contributed by atoms with Gasteiger partial charge in [-0.2, -0.15) is 0 Å². The molecule has 0 amide bonds. The van der Waals surface area contributed by atoms with Gasteiger partial charge in [0.2, 0.25) is 6.71 Å². The molecule has 0 saturated heterocycles. The first-order chi connectivity index (χ1) is 27.2. The van der Waals surface area contributed by atoms with Crippen LogP contribution in [0.15, 0.2) is 170 Å². The minimum absolute atomic E-state index is 0.0836. The van der Waals surface area contributed by atoms with Crippen molar-refractivity contribution >= 4 is 40.3 Å². The molecule has 56 heavy (non-hydrogen) atoms. The van der Waals surface area contributed by atoms with E-state index in [1.165, 1.54) is 66.5 Å². The third-order valence-corrected chi connectivity index (χ3v) is 10.9. The Balaban J connectivity index is 1.29. The van der Waals surface area contributed by atoms with Crippen molar-refractivity contribution in [3.05, 3.63) is 203 Å². The maximum atomic E-state index is 5.19. The van der Waals surface area contributed by atoms with Crippen molar-refractivity contribution in [2.24, 2.45) is 0 Å². The molecule has 8 aromatic rings. The molecule has 0 atom stereocenters. The van der Waals surface area contributed by atoms with Crippen LogP contribution in [0, 0.1) is 41.5 Å². The highest BCUT2D eigenvalue weighted by molar-refractivity contribution is 6.96. The van der Waals surface area contributed by atoms with E-state index in [2.05, 4.69) is 186 Å². The van der Waals surface area contributed by atoms with Gasteiger partial charge in [0.1, 0.15) is 5.82 Å². The topological polar surface area (TPSA) is 29.0 Å². The molecule has 0 N–H and O–H groups in total. The average molecular weight is 724 g/mol. The molecule has 0 saturated carbocycles. The van der Waals surface area contributed by atoms with Crippen LogP contribution in [-0.4, -0.2) is 16.7 Å². The lowest BCUT2D eigenvalue weighted by Crippen LogP contribution is -2.55. The molecular weight excluding hydrogens is 677 g/mol. The molecule has 1 aromatic heterocycles. The largest absolute Gasteiger partial charge is 0.295 e. The van der Waals surface area contributed by atoms with Crippen LogP contribution in [0.1, 0.15) is 33.4 Å². The number of nitrogens with zero attached hydrogens (tertiary/aromatic N) is 3. The van der Waals surface area contributed by atoms with Crippen molar-refractivity contribution in [2.75, 3.05) is 4.90 Å². The summed E-state index contributed by atoms with van der Waals surface area (Å²) in [5, 5.41) is 0. The number of hydrogen-bond donors (Lipinski definition) is 0. The van der Waals surface area contributed by atoms with Gasteiger partial charge in [-0.15, -0.1) is 0 Å². The number of hydrogen-bond acceptors (Lipinski definition) is 3. The predicted octanol–water partition coefficient (Wildman–Crippen LogP) is 11.3. The quantitative estimate of drug-likeness (QED) is 0.139. The Morgan fingerprint density at radius 1 is 0.429 bits per heavy atom. The summed E-state index contributed by atoms with van der Waals surface area (Å²) in [5.41, 5.74) is 19.6. The van der Waals surface area contributed by atoms with E-state index >= 15 is 0 Å². The van der Waals surface area contributed by atoms with Crippen molar-refractivity contribution < 1.29 is 0 Å². The van der Waals surface area contributed by atoms with E-state index in [-0.39, 0.29) is 6.71 Å². The van der Waals surface area contributed by atoms with E-state index in [9.17, 15) is 0 Å². The van der Waals surface area contributed by atoms with Crippen LogP contribution in [0.4, 0.5) is 17.2 Å². The predicted molar refractivity (Wildman–Crippen MR) is 239 cm³/mol. The summed E-state index contributed by atoms with van der Waals surface area (Å²) < 4.78 is 0. The molecule has 0 aliphatic carbocycles. The first kappa shape index (κ1) is 36.5. The molecule has 272 valence electrons. The molecule has 3 nitrogen and oxygen atoms in total. The Bertz CT molecular complexity index is 2550. The highest BCUT2D eigenvalue weighted by Gasteiger charge is 2.29. The Kier molecular flexibility index (Phi) is 10.2. The first-order valence-corrected chi connectivity index (χ1v) is 19.4. The average Bonchev–Trinajstić information content (AvgIpc) is 3.21. The van der Waals surface area contributed by atoms with E-state index < -0.39 is 0 Å². The van der Waals surface area contributed by atoms with Crippen LogP contribution >= 0.6 is 0 Å². The highest BCUT2D eigenvalue weighted by Crippen LogP contribution is 2.38. The molecule has 7 aromatic carbocycles. The second-order valence-electron chi connectivity index (χ2n) is 15.1. The zero-order valence-electron chi connectivity index (χ0n) is 33.1. The van der Waals surface area contributed by atoms with Crippen LogP contribution in [-0.2, 0) is 0 Å². The zero-order valence-corrected chi connectivity index (χ0v) is 33.1. The Morgan fingerprint density at radius 2 is 0.929 bits per heavy atom.